The van der Waals surface area contributed by atoms with Crippen LogP contribution in [0.2, 0.25) is 0 Å². The topological polar surface area (TPSA) is 147 Å². The van der Waals surface area contributed by atoms with E-state index in [9.17, 15) is 24.3 Å². The Morgan fingerprint density at radius 3 is 2.21 bits per heavy atom. The van der Waals surface area contributed by atoms with Gasteiger partial charge in [0.2, 0.25) is 0 Å². The average molecular weight is 720 g/mol. The minimum absolute atomic E-state index is 0.00238. The molecule has 0 spiro atoms. The molecule has 3 N–H and O–H groups in total. The van der Waals surface area contributed by atoms with Crippen LogP contribution in [0, 0.1) is 13.8 Å². The van der Waals surface area contributed by atoms with E-state index in [2.05, 4.69) is 20.6 Å². The third-order valence-corrected chi connectivity index (χ3v) is 11.1. The van der Waals surface area contributed by atoms with Gasteiger partial charge in [0.25, 0.3) is 11.8 Å². The number of nitrogens with one attached hydrogen (secondary N) is 2. The molecule has 2 aromatic rings. The van der Waals surface area contributed by atoms with Crippen LogP contribution in [0.25, 0.3) is 0 Å². The number of rotatable bonds is 9. The number of urea groups is 1. The van der Waals surface area contributed by atoms with Gasteiger partial charge in [-0.15, -0.1) is 0 Å². The third-order valence-electron chi connectivity index (χ3n) is 11.1. The maximum atomic E-state index is 14.1. The number of carbonyl (C=O) groups is 4. The second-order valence-corrected chi connectivity index (χ2v) is 14.5. The lowest BCUT2D eigenvalue weighted by molar-refractivity contribution is -0.143. The zero-order chi connectivity index (χ0) is 36.8. The molecule has 4 aliphatic rings. The molecule has 3 saturated heterocycles. The maximum absolute atomic E-state index is 14.1. The van der Waals surface area contributed by atoms with Crippen molar-refractivity contribution < 1.29 is 33.9 Å². The second-order valence-electron chi connectivity index (χ2n) is 14.5. The number of hydrogen-bond acceptors (Lipinski definition) is 9. The normalized spacial score (nSPS) is 20.1. The Labute approximate surface area is 305 Å². The standard InChI is InChI=1S/C38H53N7O7/c1-26-22-28(23-27(2)35(26)47)24-33(36(48)43-20-18-42(19-21-43)30-9-13-41(14-10-30)25-34(46)40-51-3)52-38(50)44-15-11-31(12-16-44)45-17-8-29-6-4-5-7-32(29)39-37(45)49/h4-7,22-23,30-31,33,47H,8-21,24-25H2,1-3H3,(H,39,49)(H,40,46)/t33-/m1/s1. The average Bonchev–Trinajstić information content (AvgIpc) is 3.31. The quantitative estimate of drug-likeness (QED) is 0.333. The number of ether oxygens (including phenoxy) is 1. The number of fused-ring (bicyclic) bond motifs is 1. The molecule has 6 rings (SSSR count). The van der Waals surface area contributed by atoms with E-state index in [0.717, 1.165) is 62.3 Å². The van der Waals surface area contributed by atoms with Crippen LogP contribution in [-0.2, 0) is 32.0 Å². The summed E-state index contributed by atoms with van der Waals surface area (Å²) >= 11 is 0. The van der Waals surface area contributed by atoms with Crippen LogP contribution in [0.5, 0.6) is 5.75 Å². The van der Waals surface area contributed by atoms with Gasteiger partial charge in [0.05, 0.1) is 13.7 Å². The highest BCUT2D eigenvalue weighted by Gasteiger charge is 2.36. The van der Waals surface area contributed by atoms with Gasteiger partial charge in [0, 0.05) is 83.1 Å². The molecule has 1 atom stereocenters. The van der Waals surface area contributed by atoms with E-state index < -0.39 is 12.2 Å². The number of likely N-dealkylation sites (tertiary alicyclic amines) is 2. The Kier molecular flexibility index (Phi) is 12.2. The summed E-state index contributed by atoms with van der Waals surface area (Å²) in [6, 6.07) is 11.8. The Balaban J connectivity index is 1.05. The summed E-state index contributed by atoms with van der Waals surface area (Å²) in [6.07, 6.45) is 2.55. The molecule has 0 bridgehead atoms. The summed E-state index contributed by atoms with van der Waals surface area (Å²) in [5, 5.41) is 13.4. The molecular formula is C38H53N7O7. The number of nitrogens with zero attached hydrogens (tertiary/aromatic N) is 5. The van der Waals surface area contributed by atoms with Gasteiger partial charge in [-0.1, -0.05) is 30.3 Å². The van der Waals surface area contributed by atoms with Gasteiger partial charge in [-0.3, -0.25) is 24.2 Å². The molecule has 3 fully saturated rings. The lowest BCUT2D eigenvalue weighted by Gasteiger charge is -2.43. The fraction of sp³-hybridized carbons (Fsp3) is 0.579. The third kappa shape index (κ3) is 8.96. The van der Waals surface area contributed by atoms with Crippen molar-refractivity contribution in [2.45, 2.75) is 70.6 Å². The summed E-state index contributed by atoms with van der Waals surface area (Å²) < 4.78 is 6.07. The zero-order valence-corrected chi connectivity index (χ0v) is 30.6. The van der Waals surface area contributed by atoms with Crippen molar-refractivity contribution in [1.82, 2.24) is 30.0 Å². The number of aryl methyl sites for hydroxylation is 2. The van der Waals surface area contributed by atoms with E-state index in [4.69, 9.17) is 9.57 Å². The first kappa shape index (κ1) is 37.4. The molecule has 282 valence electrons. The number of anilines is 1. The fourth-order valence-electron chi connectivity index (χ4n) is 8.15. The van der Waals surface area contributed by atoms with E-state index in [-0.39, 0.29) is 36.1 Å². The van der Waals surface area contributed by atoms with Gasteiger partial charge in [-0.2, -0.15) is 0 Å². The zero-order valence-electron chi connectivity index (χ0n) is 30.6. The number of amides is 5. The van der Waals surface area contributed by atoms with Crippen molar-refractivity contribution in [2.24, 2.45) is 0 Å². The SMILES string of the molecule is CONC(=O)CN1CCC(N2CCN(C(=O)[C@@H](Cc3cc(C)c(O)c(C)c3)OC(=O)N3CCC(N4CCc5ccccc5NC4=O)CC3)CC2)CC1. The first-order valence-corrected chi connectivity index (χ1v) is 18.6. The van der Waals surface area contributed by atoms with Crippen molar-refractivity contribution in [3.05, 3.63) is 58.7 Å². The molecule has 0 aliphatic carbocycles. The Morgan fingerprint density at radius 1 is 0.885 bits per heavy atom. The second kappa shape index (κ2) is 17.0. The Morgan fingerprint density at radius 2 is 1.54 bits per heavy atom. The number of phenols is 1. The predicted molar refractivity (Wildman–Crippen MR) is 195 cm³/mol. The molecule has 0 unspecified atom stereocenters. The molecule has 4 aliphatic heterocycles. The summed E-state index contributed by atoms with van der Waals surface area (Å²) in [7, 11) is 1.43. The van der Waals surface area contributed by atoms with E-state index in [1.165, 1.54) is 7.11 Å². The van der Waals surface area contributed by atoms with E-state index >= 15 is 0 Å². The first-order valence-electron chi connectivity index (χ1n) is 18.6. The minimum atomic E-state index is -1.02. The van der Waals surface area contributed by atoms with Crippen LogP contribution < -0.4 is 10.8 Å². The van der Waals surface area contributed by atoms with Crippen LogP contribution >= 0.6 is 0 Å². The number of piperazine rings is 1. The minimum Gasteiger partial charge on any atom is -0.507 e. The van der Waals surface area contributed by atoms with Crippen LogP contribution in [0.4, 0.5) is 15.3 Å². The van der Waals surface area contributed by atoms with Crippen LogP contribution in [0.1, 0.15) is 47.9 Å². The fourth-order valence-corrected chi connectivity index (χ4v) is 8.15. The van der Waals surface area contributed by atoms with Crippen LogP contribution in [0.15, 0.2) is 36.4 Å². The van der Waals surface area contributed by atoms with E-state index in [1.807, 2.05) is 55.1 Å². The molecule has 4 heterocycles. The smallest absolute Gasteiger partial charge is 0.410 e. The van der Waals surface area contributed by atoms with Gasteiger partial charge >= 0.3 is 12.1 Å². The maximum Gasteiger partial charge on any atom is 0.410 e. The number of benzene rings is 2. The van der Waals surface area contributed by atoms with E-state index in [1.54, 1.807) is 9.80 Å². The highest BCUT2D eigenvalue weighted by atomic mass is 16.6. The number of piperidine rings is 2. The van der Waals surface area contributed by atoms with Gasteiger partial charge in [0.15, 0.2) is 6.10 Å². The summed E-state index contributed by atoms with van der Waals surface area (Å²) in [5.41, 5.74) is 6.56. The largest absolute Gasteiger partial charge is 0.507 e. The van der Waals surface area contributed by atoms with Crippen LogP contribution in [-0.4, -0.2) is 144 Å². The van der Waals surface area contributed by atoms with Gasteiger partial charge < -0.3 is 29.9 Å². The number of para-hydroxylation sites is 1. The lowest BCUT2D eigenvalue weighted by atomic mass is 10.00. The number of carbonyl (C=O) groups excluding carboxylic acids is 4. The summed E-state index contributed by atoms with van der Waals surface area (Å²) in [6.45, 7) is 9.56. The number of hydroxylamine groups is 1. The van der Waals surface area contributed by atoms with Crippen molar-refractivity contribution in [1.29, 1.82) is 0 Å². The molecule has 14 nitrogen and oxygen atoms in total. The Hall–Kier alpha value is -4.40. The van der Waals surface area contributed by atoms with Crippen LogP contribution in [0.3, 0.4) is 0 Å². The molecule has 0 saturated carbocycles. The van der Waals surface area contributed by atoms with Crippen molar-refractivity contribution in [3.63, 3.8) is 0 Å². The molecule has 14 heteroatoms. The number of phenolic OH excluding ortho intramolecular Hbond substituents is 1. The highest BCUT2D eigenvalue weighted by Crippen LogP contribution is 2.27. The van der Waals surface area contributed by atoms with Crippen molar-refractivity contribution >= 4 is 29.6 Å². The van der Waals surface area contributed by atoms with Crippen molar-refractivity contribution in [3.8, 4) is 5.75 Å². The molecule has 5 amide bonds. The molecule has 0 aromatic heterocycles. The summed E-state index contributed by atoms with van der Waals surface area (Å²) in [5.74, 6) is -0.154. The summed E-state index contributed by atoms with van der Waals surface area (Å²) in [4.78, 5) is 67.4. The predicted octanol–water partition coefficient (Wildman–Crippen LogP) is 2.90. The molecule has 0 radical (unpaired) electrons. The first-order chi connectivity index (χ1) is 25.1. The van der Waals surface area contributed by atoms with E-state index in [0.29, 0.717) is 69.3 Å². The Bertz CT molecular complexity index is 1570. The van der Waals surface area contributed by atoms with Gasteiger partial charge in [-0.05, 0) is 74.3 Å². The van der Waals surface area contributed by atoms with Crippen molar-refractivity contribution in [2.75, 3.05) is 77.9 Å². The number of aromatic hydroxyl groups is 1. The number of hydrogen-bond donors (Lipinski definition) is 3. The van der Waals surface area contributed by atoms with Gasteiger partial charge in [0.1, 0.15) is 5.75 Å². The highest BCUT2D eigenvalue weighted by molar-refractivity contribution is 5.91. The molecular weight excluding hydrogens is 666 g/mol. The monoisotopic (exact) mass is 719 g/mol. The lowest BCUT2D eigenvalue weighted by Crippen LogP contribution is -2.57. The molecule has 2 aromatic carbocycles. The molecule has 52 heavy (non-hydrogen) atoms. The van der Waals surface area contributed by atoms with Gasteiger partial charge in [-0.25, -0.2) is 15.1 Å².